The lowest BCUT2D eigenvalue weighted by Gasteiger charge is -2.27. The minimum Gasteiger partial charge on any atom is -0.741 e. The smallest absolute Gasteiger partial charge is 0.522 e. The minimum absolute atomic E-state index is 0.377. The number of hydrogen-bond donors (Lipinski definition) is 1. The number of rotatable bonds is 4. The summed E-state index contributed by atoms with van der Waals surface area (Å²) in [6, 6.07) is 0. The van der Waals surface area contributed by atoms with Crippen LogP contribution in [0.4, 0.5) is 39.5 Å². The van der Waals surface area contributed by atoms with Gasteiger partial charge in [0, 0.05) is 31.6 Å². The number of hydrogen-bond acceptors (Lipinski definition) is 10. The lowest BCUT2D eigenvalue weighted by molar-refractivity contribution is -0.120. The minimum atomic E-state index is -6.09. The van der Waals surface area contributed by atoms with Gasteiger partial charge in [-0.1, -0.05) is 6.42 Å². The fraction of sp³-hybridized carbons (Fsp3) is 0.933. The first-order chi connectivity index (χ1) is 24.8. The van der Waals surface area contributed by atoms with E-state index >= 15 is 0 Å². The molecular formula is C30H47F9O11S5. The lowest BCUT2D eigenvalue weighted by atomic mass is 9.99. The monoisotopic (exact) mass is 914 g/mol. The number of carbonyl (C=O) groups is 2. The van der Waals surface area contributed by atoms with Gasteiger partial charge < -0.3 is 9.11 Å². The van der Waals surface area contributed by atoms with Gasteiger partial charge in [-0.25, -0.2) is 16.8 Å². The number of ketones is 2. The Morgan fingerprint density at radius 3 is 1.22 bits per heavy atom. The van der Waals surface area contributed by atoms with E-state index in [9.17, 15) is 49.1 Å². The van der Waals surface area contributed by atoms with Gasteiger partial charge in [-0.3, -0.25) is 14.1 Å². The van der Waals surface area contributed by atoms with Crippen molar-refractivity contribution in [1.82, 2.24) is 0 Å². The molecule has 7 unspecified atom stereocenters. The van der Waals surface area contributed by atoms with Crippen molar-refractivity contribution in [2.24, 2.45) is 11.8 Å². The topological polar surface area (TPSA) is 203 Å². The van der Waals surface area contributed by atoms with E-state index in [2.05, 4.69) is 12.5 Å². The largest absolute Gasteiger partial charge is 0.741 e. The third kappa shape index (κ3) is 17.5. The van der Waals surface area contributed by atoms with E-state index < -0.39 is 46.9 Å². The standard InChI is InChI=1S/C14H23OS.C13H23OS.3CHF3O3S/c1-16(13-5-3-2-4-12(13)15)14-9-10-6-7-11(14)8-10;1-15(11-7-3-2-4-8-11)13-10-6-5-9-12(13)14;3*2-1(3,4)8(5,6)7/h10-11,13-14H,2-9H2,1H3;11,13H,2-10H2,1H3;3*(H,5,6,7)/q2*+1;;;/p-2. The van der Waals surface area contributed by atoms with Crippen molar-refractivity contribution in [1.29, 1.82) is 0 Å². The van der Waals surface area contributed by atoms with E-state index in [0.717, 1.165) is 48.0 Å². The first-order valence-electron chi connectivity index (χ1n) is 17.2. The Bertz CT molecular complexity index is 1460. The maximum absolute atomic E-state index is 12.0. The highest BCUT2D eigenvalue weighted by molar-refractivity contribution is 7.98. The highest BCUT2D eigenvalue weighted by Crippen LogP contribution is 2.49. The molecule has 0 radical (unpaired) electrons. The second-order valence-corrected chi connectivity index (χ2v) is 22.8. The maximum atomic E-state index is 12.0. The molecule has 5 aliphatic carbocycles. The van der Waals surface area contributed by atoms with E-state index in [0.29, 0.717) is 43.9 Å². The molecule has 7 atom stereocenters. The molecule has 25 heteroatoms. The van der Waals surface area contributed by atoms with Crippen LogP contribution in [0.25, 0.3) is 0 Å². The second kappa shape index (κ2) is 21.4. The molecule has 0 heterocycles. The Hall–Kier alpha value is -0.860. The molecule has 0 amide bonds. The van der Waals surface area contributed by atoms with E-state index in [-0.39, 0.29) is 0 Å². The first kappa shape index (κ1) is 52.2. The van der Waals surface area contributed by atoms with Crippen molar-refractivity contribution >= 4 is 63.7 Å². The van der Waals surface area contributed by atoms with Gasteiger partial charge in [0.1, 0.15) is 10.5 Å². The van der Waals surface area contributed by atoms with Crippen molar-refractivity contribution in [2.45, 2.75) is 147 Å². The van der Waals surface area contributed by atoms with Gasteiger partial charge in [0.15, 0.2) is 42.3 Å². The van der Waals surface area contributed by atoms with Gasteiger partial charge in [-0.15, -0.1) is 0 Å². The van der Waals surface area contributed by atoms with Crippen LogP contribution in [-0.4, -0.2) is 101 Å². The molecule has 0 saturated heterocycles. The van der Waals surface area contributed by atoms with E-state index in [4.69, 9.17) is 38.9 Å². The van der Waals surface area contributed by atoms with Crippen molar-refractivity contribution in [3.63, 3.8) is 0 Å². The highest BCUT2D eigenvalue weighted by atomic mass is 32.2. The second-order valence-electron chi connectivity index (χ2n) is 13.8. The zero-order chi connectivity index (χ0) is 42.8. The number of fused-ring (bicyclic) bond motifs is 2. The zero-order valence-corrected chi connectivity index (χ0v) is 34.0. The zero-order valence-electron chi connectivity index (χ0n) is 30.0. The van der Waals surface area contributed by atoms with E-state index in [1.54, 1.807) is 0 Å². The average Bonchev–Trinajstić information content (AvgIpc) is 3.68. The lowest BCUT2D eigenvalue weighted by Crippen LogP contribution is -2.41. The van der Waals surface area contributed by atoms with E-state index in [1.165, 1.54) is 83.5 Å². The molecule has 0 aromatic heterocycles. The summed E-state index contributed by atoms with van der Waals surface area (Å²) < 4.78 is 175. The molecule has 0 spiro atoms. The Morgan fingerprint density at radius 1 is 0.564 bits per heavy atom. The molecule has 0 aromatic carbocycles. The molecule has 0 aliphatic heterocycles. The fourth-order valence-corrected chi connectivity index (χ4v) is 12.7. The molecule has 11 nitrogen and oxygen atoms in total. The maximum Gasteiger partial charge on any atom is 0.522 e. The van der Waals surface area contributed by atoms with E-state index in [1.807, 2.05) is 0 Å². The molecule has 326 valence electrons. The summed E-state index contributed by atoms with van der Waals surface area (Å²) in [4.78, 5) is 23.9. The normalized spacial score (nSPS) is 27.8. The van der Waals surface area contributed by atoms with Crippen LogP contribution >= 0.6 is 0 Å². The Balaban J connectivity index is 0.000000360. The third-order valence-corrected chi connectivity index (χ3v) is 17.5. The molecule has 2 bridgehead atoms. The van der Waals surface area contributed by atoms with Crippen LogP contribution in [-0.2, 0) is 61.7 Å². The van der Waals surface area contributed by atoms with Crippen LogP contribution in [0, 0.1) is 11.8 Å². The molecule has 5 saturated carbocycles. The Kier molecular flexibility index (Phi) is 20.3. The number of halogens is 9. The average molecular weight is 915 g/mol. The van der Waals surface area contributed by atoms with Gasteiger partial charge in [0.25, 0.3) is 0 Å². The molecule has 1 N–H and O–H groups in total. The highest BCUT2D eigenvalue weighted by Gasteiger charge is 2.51. The first-order valence-corrected chi connectivity index (χ1v) is 25.0. The van der Waals surface area contributed by atoms with Gasteiger partial charge in [-0.05, 0) is 105 Å². The molecule has 55 heavy (non-hydrogen) atoms. The van der Waals surface area contributed by atoms with Crippen molar-refractivity contribution in [3.8, 4) is 0 Å². The molecule has 5 aliphatic rings. The number of carbonyl (C=O) groups excluding carboxylic acids is 2. The summed E-state index contributed by atoms with van der Waals surface area (Å²) in [7, 11) is -17.3. The summed E-state index contributed by atoms with van der Waals surface area (Å²) in [5, 5.41) is 2.71. The van der Waals surface area contributed by atoms with Crippen molar-refractivity contribution in [2.75, 3.05) is 12.5 Å². The quantitative estimate of drug-likeness (QED) is 0.139. The van der Waals surface area contributed by atoms with Crippen LogP contribution in [0.15, 0.2) is 0 Å². The van der Waals surface area contributed by atoms with Crippen LogP contribution in [0.5, 0.6) is 0 Å². The summed E-state index contributed by atoms with van der Waals surface area (Å²) in [5.41, 5.74) is -16.8. The predicted octanol–water partition coefficient (Wildman–Crippen LogP) is 6.51. The van der Waals surface area contributed by atoms with Gasteiger partial charge >= 0.3 is 26.6 Å². The Labute approximate surface area is 321 Å². The van der Waals surface area contributed by atoms with Gasteiger partial charge in [-0.2, -0.15) is 47.9 Å². The van der Waals surface area contributed by atoms with Crippen LogP contribution in [0.1, 0.15) is 109 Å². The Morgan fingerprint density at radius 2 is 0.927 bits per heavy atom. The van der Waals surface area contributed by atoms with Crippen LogP contribution in [0.2, 0.25) is 0 Å². The van der Waals surface area contributed by atoms with Crippen LogP contribution < -0.4 is 0 Å². The molecule has 5 rings (SSSR count). The van der Waals surface area contributed by atoms with Crippen molar-refractivity contribution < 1.29 is 88.0 Å². The molecular weight excluding hydrogens is 868 g/mol. The SMILES string of the molecule is C[S+](C1CCCCC1)C1CCCCC1=O.C[S+](C1CCCCC1=O)C1CC2CCC1C2.O=S(=O)(O)C(F)(F)F.O=S(=O)([O-])C(F)(F)F.O=S(=O)([O-])C(F)(F)F. The molecule has 5 fully saturated rings. The number of alkyl halides is 9. The van der Waals surface area contributed by atoms with Crippen molar-refractivity contribution in [3.05, 3.63) is 0 Å². The van der Waals surface area contributed by atoms with Crippen LogP contribution in [0.3, 0.4) is 0 Å². The summed E-state index contributed by atoms with van der Waals surface area (Å²) in [5.74, 6) is 3.20. The molecule has 0 aromatic rings. The third-order valence-electron chi connectivity index (χ3n) is 9.98. The van der Waals surface area contributed by atoms with Gasteiger partial charge in [0.2, 0.25) is 0 Å². The summed E-state index contributed by atoms with van der Waals surface area (Å²) in [6.45, 7) is 0. The summed E-state index contributed by atoms with van der Waals surface area (Å²) in [6.07, 6.45) is 26.7. The van der Waals surface area contributed by atoms with Gasteiger partial charge in [0.05, 0.1) is 12.5 Å². The summed E-state index contributed by atoms with van der Waals surface area (Å²) >= 11 is 0. The number of Topliss-reactive ketones (excluding diaryl/α,β-unsaturated/α-hetero) is 2. The predicted molar refractivity (Wildman–Crippen MR) is 186 cm³/mol. The fourth-order valence-electron chi connectivity index (χ4n) is 7.21.